The molecule has 1 saturated heterocycles. The van der Waals surface area contributed by atoms with E-state index in [1.165, 1.54) is 37.7 Å². The molecular formula is C33H42N4O3. The Balaban J connectivity index is 1.26. The van der Waals surface area contributed by atoms with E-state index in [1.807, 2.05) is 36.0 Å². The van der Waals surface area contributed by atoms with Crippen LogP contribution in [0.1, 0.15) is 77.2 Å². The van der Waals surface area contributed by atoms with Crippen LogP contribution in [0.2, 0.25) is 0 Å². The molecule has 0 saturated carbocycles. The second-order valence-corrected chi connectivity index (χ2v) is 11.1. The Kier molecular flexibility index (Phi) is 9.32. The number of pyridine rings is 2. The van der Waals surface area contributed by atoms with Crippen LogP contribution >= 0.6 is 0 Å². The third-order valence-electron chi connectivity index (χ3n) is 8.05. The molecule has 0 bridgehead atoms. The molecule has 1 fully saturated rings. The van der Waals surface area contributed by atoms with E-state index in [9.17, 15) is 4.79 Å². The Morgan fingerprint density at radius 3 is 2.65 bits per heavy atom. The summed E-state index contributed by atoms with van der Waals surface area (Å²) in [6.07, 6.45) is 15.1. The molecule has 1 atom stereocenters. The zero-order valence-electron chi connectivity index (χ0n) is 24.0. The summed E-state index contributed by atoms with van der Waals surface area (Å²) in [5.41, 5.74) is 5.94. The molecule has 212 valence electrons. The maximum absolute atomic E-state index is 13.3. The average molecular weight is 543 g/mol. The number of benzene rings is 1. The highest BCUT2D eigenvalue weighted by Crippen LogP contribution is 2.31. The number of aryl methyl sites for hydroxylation is 1. The van der Waals surface area contributed by atoms with Gasteiger partial charge in [0.25, 0.3) is 0 Å². The van der Waals surface area contributed by atoms with Gasteiger partial charge < -0.3 is 9.47 Å². The molecule has 4 heterocycles. The first-order chi connectivity index (χ1) is 19.6. The highest BCUT2D eigenvalue weighted by atomic mass is 16.5. The molecule has 1 aliphatic rings. The fourth-order valence-electron chi connectivity index (χ4n) is 5.71. The molecule has 3 aromatic heterocycles. The lowest BCUT2D eigenvalue weighted by Gasteiger charge is -2.23. The number of unbranched alkanes of at least 4 members (excludes halogenated alkanes) is 4. The fourth-order valence-corrected chi connectivity index (χ4v) is 5.71. The predicted octanol–water partition coefficient (Wildman–Crippen LogP) is 7.38. The van der Waals surface area contributed by atoms with Crippen LogP contribution in [-0.2, 0) is 11.8 Å². The van der Waals surface area contributed by atoms with Crippen molar-refractivity contribution in [1.29, 1.82) is 0 Å². The second kappa shape index (κ2) is 13.3. The van der Waals surface area contributed by atoms with Crippen molar-refractivity contribution >= 4 is 21.9 Å². The summed E-state index contributed by atoms with van der Waals surface area (Å²) in [7, 11) is 1.81. The lowest BCUT2D eigenvalue weighted by atomic mass is 10.0. The number of ether oxygens (including phenoxy) is 2. The number of rotatable bonds is 13. The topological polar surface area (TPSA) is 71.2 Å². The van der Waals surface area contributed by atoms with Crippen molar-refractivity contribution in [3.8, 4) is 17.0 Å². The van der Waals surface area contributed by atoms with Gasteiger partial charge in [-0.1, -0.05) is 50.8 Å². The lowest BCUT2D eigenvalue weighted by Crippen LogP contribution is -2.31. The summed E-state index contributed by atoms with van der Waals surface area (Å²) in [4.78, 5) is 22.5. The second-order valence-electron chi connectivity index (χ2n) is 11.1. The van der Waals surface area contributed by atoms with Crippen molar-refractivity contribution < 1.29 is 9.47 Å². The van der Waals surface area contributed by atoms with Crippen molar-refractivity contribution in [2.75, 3.05) is 19.8 Å². The monoisotopic (exact) mass is 542 g/mol. The normalized spacial score (nSPS) is 15.6. The Labute approximate surface area is 236 Å². The number of allylic oxidation sites excluding steroid dienone is 1. The molecule has 0 radical (unpaired) electrons. The first kappa shape index (κ1) is 28.1. The van der Waals surface area contributed by atoms with E-state index in [2.05, 4.69) is 35.6 Å². The summed E-state index contributed by atoms with van der Waals surface area (Å²) >= 11 is 0. The van der Waals surface area contributed by atoms with Crippen LogP contribution in [0.15, 0.2) is 59.7 Å². The Morgan fingerprint density at radius 1 is 1.05 bits per heavy atom. The average Bonchev–Trinajstić information content (AvgIpc) is 3.25. The molecule has 5 rings (SSSR count). The van der Waals surface area contributed by atoms with Crippen LogP contribution in [0.25, 0.3) is 33.1 Å². The smallest absolute Gasteiger partial charge is 0.329 e. The molecule has 1 aliphatic heterocycles. The van der Waals surface area contributed by atoms with Crippen molar-refractivity contribution in [1.82, 2.24) is 19.1 Å². The minimum absolute atomic E-state index is 0.0241. The number of imidazole rings is 1. The van der Waals surface area contributed by atoms with Crippen LogP contribution in [0, 0.1) is 0 Å². The minimum atomic E-state index is -0.0241. The zero-order valence-corrected chi connectivity index (χ0v) is 24.0. The minimum Gasteiger partial charge on any atom is -0.478 e. The van der Waals surface area contributed by atoms with Crippen molar-refractivity contribution in [3.63, 3.8) is 0 Å². The SMILES string of the molecule is C=C(CCCCCCC)CCCOc1ccc(-c2ccc3ncc4c(c3c2)n([C@@H]2CCCOC2)c(=O)n4C)cn1. The van der Waals surface area contributed by atoms with E-state index >= 15 is 0 Å². The van der Waals surface area contributed by atoms with E-state index < -0.39 is 0 Å². The van der Waals surface area contributed by atoms with Gasteiger partial charge in [0.1, 0.15) is 0 Å². The van der Waals surface area contributed by atoms with Gasteiger partial charge in [-0.2, -0.15) is 0 Å². The van der Waals surface area contributed by atoms with E-state index in [4.69, 9.17) is 9.47 Å². The highest BCUT2D eigenvalue weighted by molar-refractivity contribution is 6.04. The Hall–Kier alpha value is -3.45. The zero-order chi connectivity index (χ0) is 27.9. The maximum atomic E-state index is 13.3. The lowest BCUT2D eigenvalue weighted by molar-refractivity contribution is 0.0593. The molecule has 0 amide bonds. The van der Waals surface area contributed by atoms with Gasteiger partial charge in [-0.3, -0.25) is 14.1 Å². The van der Waals surface area contributed by atoms with Crippen molar-refractivity contribution in [2.24, 2.45) is 7.05 Å². The number of hydrogen-bond acceptors (Lipinski definition) is 5. The summed E-state index contributed by atoms with van der Waals surface area (Å²) in [5, 5.41) is 0.962. The van der Waals surface area contributed by atoms with Crippen molar-refractivity contribution in [2.45, 2.75) is 77.2 Å². The molecule has 7 heteroatoms. The maximum Gasteiger partial charge on any atom is 0.329 e. The number of aromatic nitrogens is 4. The highest BCUT2D eigenvalue weighted by Gasteiger charge is 2.23. The van der Waals surface area contributed by atoms with Crippen LogP contribution in [0.3, 0.4) is 0 Å². The molecule has 0 aliphatic carbocycles. The predicted molar refractivity (Wildman–Crippen MR) is 162 cm³/mol. The summed E-state index contributed by atoms with van der Waals surface area (Å²) < 4.78 is 15.3. The molecule has 0 unspecified atom stereocenters. The van der Waals surface area contributed by atoms with E-state index in [1.54, 1.807) is 10.8 Å². The molecule has 0 N–H and O–H groups in total. The van der Waals surface area contributed by atoms with Gasteiger partial charge in [0.05, 0.1) is 42.0 Å². The van der Waals surface area contributed by atoms with Crippen LogP contribution < -0.4 is 10.4 Å². The molecule has 0 spiro atoms. The van der Waals surface area contributed by atoms with Crippen molar-refractivity contribution in [3.05, 3.63) is 65.4 Å². The molecular weight excluding hydrogens is 500 g/mol. The van der Waals surface area contributed by atoms with Gasteiger partial charge in [0, 0.05) is 36.9 Å². The number of nitrogens with zero attached hydrogens (tertiary/aromatic N) is 4. The Bertz CT molecular complexity index is 1500. The summed E-state index contributed by atoms with van der Waals surface area (Å²) in [6.45, 7) is 8.43. The molecule has 7 nitrogen and oxygen atoms in total. The van der Waals surface area contributed by atoms with E-state index in [0.717, 1.165) is 71.8 Å². The first-order valence-electron chi connectivity index (χ1n) is 14.9. The third kappa shape index (κ3) is 6.30. The van der Waals surface area contributed by atoms with Gasteiger partial charge in [-0.05, 0) is 62.3 Å². The van der Waals surface area contributed by atoms with Crippen LogP contribution in [-0.4, -0.2) is 38.9 Å². The van der Waals surface area contributed by atoms with Gasteiger partial charge in [-0.15, -0.1) is 0 Å². The van der Waals surface area contributed by atoms with Gasteiger partial charge >= 0.3 is 5.69 Å². The largest absolute Gasteiger partial charge is 0.478 e. The number of hydrogen-bond donors (Lipinski definition) is 0. The third-order valence-corrected chi connectivity index (χ3v) is 8.05. The Morgan fingerprint density at radius 2 is 1.88 bits per heavy atom. The molecule has 4 aromatic rings. The van der Waals surface area contributed by atoms with E-state index in [-0.39, 0.29) is 11.7 Å². The van der Waals surface area contributed by atoms with Gasteiger partial charge in [0.15, 0.2) is 0 Å². The summed E-state index contributed by atoms with van der Waals surface area (Å²) in [5.74, 6) is 0.632. The molecule has 40 heavy (non-hydrogen) atoms. The van der Waals surface area contributed by atoms with Crippen LogP contribution in [0.4, 0.5) is 0 Å². The van der Waals surface area contributed by atoms with Crippen LogP contribution in [0.5, 0.6) is 5.88 Å². The van der Waals surface area contributed by atoms with E-state index in [0.29, 0.717) is 19.1 Å². The summed E-state index contributed by atoms with van der Waals surface area (Å²) in [6, 6.07) is 10.2. The first-order valence-corrected chi connectivity index (χ1v) is 14.9. The number of fused-ring (bicyclic) bond motifs is 3. The standard InChI is InChI=1S/C33H42N4O3/c1-4-5-6-7-8-11-24(2)12-9-19-40-31-17-15-26(21-35-31)25-14-16-29-28(20-25)32-30(22-34-29)36(3)33(38)37(32)27-13-10-18-39-23-27/h14-17,20-22,27H,2,4-13,18-19,23H2,1,3H3/t27-/m1/s1. The quantitative estimate of drug-likeness (QED) is 0.130. The van der Waals surface area contributed by atoms with Gasteiger partial charge in [-0.25, -0.2) is 9.78 Å². The molecule has 1 aromatic carbocycles. The fraction of sp³-hybridized carbons (Fsp3) is 0.485. The van der Waals surface area contributed by atoms with Gasteiger partial charge in [0.2, 0.25) is 5.88 Å².